The van der Waals surface area contributed by atoms with Gasteiger partial charge in [-0.15, -0.1) is 0 Å². The molecule has 2 rings (SSSR count). The van der Waals surface area contributed by atoms with E-state index >= 15 is 0 Å². The van der Waals surface area contributed by atoms with Gasteiger partial charge in [0.05, 0.1) is 17.7 Å². The minimum atomic E-state index is -5.08. The number of nitrogens with zero attached hydrogens (tertiary/aromatic N) is 2. The molecule has 136 valence electrons. The van der Waals surface area contributed by atoms with E-state index in [0.29, 0.717) is 13.1 Å². The Labute approximate surface area is 138 Å². The molecule has 0 atom stereocenters. The van der Waals surface area contributed by atoms with Crippen molar-refractivity contribution in [2.24, 2.45) is 5.73 Å². The number of carboxylic acids is 1. The highest BCUT2D eigenvalue weighted by atomic mass is 19.4. The van der Waals surface area contributed by atoms with Crippen molar-refractivity contribution >= 4 is 18.6 Å². The molecule has 1 aromatic rings. The smallest absolute Gasteiger partial charge is 0.475 e. The second-order valence-corrected chi connectivity index (χ2v) is 6.22. The average molecular weight is 351 g/mol. The summed E-state index contributed by atoms with van der Waals surface area (Å²) in [5.74, 6) is -2.76. The first-order valence-corrected chi connectivity index (χ1v) is 7.18. The first-order valence-electron chi connectivity index (χ1n) is 7.18. The summed E-state index contributed by atoms with van der Waals surface area (Å²) < 4.78 is 45.4. The number of halogens is 3. The molecule has 0 spiro atoms. The lowest BCUT2D eigenvalue weighted by Gasteiger charge is -2.32. The summed E-state index contributed by atoms with van der Waals surface area (Å²) in [6, 6.07) is 0. The fraction of sp³-hybridized carbons (Fsp3) is 0.692. The first kappa shape index (κ1) is 20.5. The van der Waals surface area contributed by atoms with Crippen molar-refractivity contribution in [1.82, 2.24) is 9.78 Å². The van der Waals surface area contributed by atoms with Gasteiger partial charge in [0.2, 0.25) is 0 Å². The SMILES string of the molecule is CC1(C)OB(c2cnn(CCN)c2)OC1(C)C.O=C(O)C(F)(F)F. The van der Waals surface area contributed by atoms with Crippen LogP contribution in [0.1, 0.15) is 27.7 Å². The summed E-state index contributed by atoms with van der Waals surface area (Å²) in [6.07, 6.45) is -1.38. The van der Waals surface area contributed by atoms with Crippen LogP contribution in [-0.2, 0) is 20.6 Å². The van der Waals surface area contributed by atoms with Crippen molar-refractivity contribution in [1.29, 1.82) is 0 Å². The number of aliphatic carboxylic acids is 1. The highest BCUT2D eigenvalue weighted by Gasteiger charge is 2.52. The Balaban J connectivity index is 0.000000351. The number of alkyl halides is 3. The molecule has 11 heteroatoms. The predicted octanol–water partition coefficient (Wildman–Crippen LogP) is 0.774. The molecule has 0 radical (unpaired) electrons. The maximum absolute atomic E-state index is 10.6. The minimum absolute atomic E-state index is 0.312. The van der Waals surface area contributed by atoms with Gasteiger partial charge >= 0.3 is 19.3 Å². The molecular formula is C13H21BF3N3O4. The fourth-order valence-electron chi connectivity index (χ4n) is 1.73. The van der Waals surface area contributed by atoms with E-state index < -0.39 is 12.1 Å². The van der Waals surface area contributed by atoms with E-state index in [-0.39, 0.29) is 18.3 Å². The quantitative estimate of drug-likeness (QED) is 0.781. The van der Waals surface area contributed by atoms with Crippen molar-refractivity contribution < 1.29 is 32.4 Å². The largest absolute Gasteiger partial charge is 0.498 e. The molecule has 1 fully saturated rings. The predicted molar refractivity (Wildman–Crippen MR) is 80.7 cm³/mol. The lowest BCUT2D eigenvalue weighted by atomic mass is 9.82. The first-order chi connectivity index (χ1) is 10.8. The third kappa shape index (κ3) is 4.95. The number of hydrogen-bond donors (Lipinski definition) is 2. The van der Waals surface area contributed by atoms with Crippen molar-refractivity contribution in [3.05, 3.63) is 12.4 Å². The fourth-order valence-corrected chi connectivity index (χ4v) is 1.73. The molecule has 1 aliphatic rings. The molecule has 0 unspecified atom stereocenters. The molecular weight excluding hydrogens is 330 g/mol. The Kier molecular flexibility index (Phi) is 6.07. The Morgan fingerprint density at radius 2 is 1.79 bits per heavy atom. The number of carbonyl (C=O) groups is 1. The van der Waals surface area contributed by atoms with Gasteiger partial charge in [-0.3, -0.25) is 4.68 Å². The van der Waals surface area contributed by atoms with Gasteiger partial charge < -0.3 is 20.1 Å². The van der Waals surface area contributed by atoms with Crippen molar-refractivity contribution in [3.63, 3.8) is 0 Å². The maximum Gasteiger partial charge on any atom is 0.498 e. The molecule has 1 aliphatic heterocycles. The lowest BCUT2D eigenvalue weighted by Crippen LogP contribution is -2.41. The number of carboxylic acid groups (broad SMARTS) is 1. The van der Waals surface area contributed by atoms with Crippen LogP contribution in [0.4, 0.5) is 13.2 Å². The molecule has 0 bridgehead atoms. The van der Waals surface area contributed by atoms with Crippen molar-refractivity contribution in [2.45, 2.75) is 51.6 Å². The number of aromatic nitrogens is 2. The van der Waals surface area contributed by atoms with E-state index in [1.165, 1.54) is 0 Å². The van der Waals surface area contributed by atoms with Crippen molar-refractivity contribution in [3.8, 4) is 0 Å². The maximum atomic E-state index is 10.6. The van der Waals surface area contributed by atoms with Gasteiger partial charge in [-0.1, -0.05) is 0 Å². The molecule has 1 saturated heterocycles. The Morgan fingerprint density at radius 3 is 2.17 bits per heavy atom. The number of nitrogens with two attached hydrogens (primary N) is 1. The minimum Gasteiger partial charge on any atom is -0.475 e. The van der Waals surface area contributed by atoms with Gasteiger partial charge in [-0.05, 0) is 27.7 Å². The second kappa shape index (κ2) is 7.12. The lowest BCUT2D eigenvalue weighted by molar-refractivity contribution is -0.192. The standard InChI is InChI=1S/C11H20BN3O2.C2HF3O2/c1-10(2)11(3,4)17-12(16-10)9-7-14-15(8-9)6-5-13;3-2(4,5)1(6)7/h7-8H,5-6,13H2,1-4H3;(H,6,7). The van der Waals surface area contributed by atoms with E-state index in [9.17, 15) is 13.2 Å². The number of hydrogen-bond acceptors (Lipinski definition) is 5. The molecule has 1 aromatic heterocycles. The zero-order chi connectivity index (χ0) is 18.8. The summed E-state index contributed by atoms with van der Waals surface area (Å²) in [6.45, 7) is 9.44. The third-order valence-electron chi connectivity index (χ3n) is 3.78. The Morgan fingerprint density at radius 1 is 1.33 bits per heavy atom. The highest BCUT2D eigenvalue weighted by Crippen LogP contribution is 2.36. The van der Waals surface area contributed by atoms with Crippen LogP contribution in [-0.4, -0.2) is 51.9 Å². The van der Waals surface area contributed by atoms with E-state index in [0.717, 1.165) is 5.46 Å². The van der Waals surface area contributed by atoms with Crippen molar-refractivity contribution in [2.75, 3.05) is 6.54 Å². The van der Waals surface area contributed by atoms with Crippen LogP contribution < -0.4 is 11.2 Å². The van der Waals surface area contributed by atoms with Gasteiger partial charge in [0.1, 0.15) is 0 Å². The monoisotopic (exact) mass is 351 g/mol. The van der Waals surface area contributed by atoms with E-state index in [2.05, 4.69) is 5.10 Å². The van der Waals surface area contributed by atoms with Crippen LogP contribution in [0.2, 0.25) is 0 Å². The summed E-state index contributed by atoms with van der Waals surface area (Å²) in [7, 11) is -0.341. The second-order valence-electron chi connectivity index (χ2n) is 6.22. The molecule has 0 aromatic carbocycles. The molecule has 7 nitrogen and oxygen atoms in total. The molecule has 0 saturated carbocycles. The molecule has 24 heavy (non-hydrogen) atoms. The van der Waals surface area contributed by atoms with E-state index in [1.54, 1.807) is 10.9 Å². The van der Waals surface area contributed by atoms with Crippen LogP contribution >= 0.6 is 0 Å². The normalized spacial score (nSPS) is 18.9. The van der Waals surface area contributed by atoms with Gasteiger partial charge in [0.15, 0.2) is 0 Å². The van der Waals surface area contributed by atoms with Gasteiger partial charge in [0, 0.05) is 24.4 Å². The summed E-state index contributed by atoms with van der Waals surface area (Å²) >= 11 is 0. The summed E-state index contributed by atoms with van der Waals surface area (Å²) in [4.78, 5) is 8.90. The Hall–Kier alpha value is -1.59. The zero-order valence-electron chi connectivity index (χ0n) is 13.9. The molecule has 2 heterocycles. The van der Waals surface area contributed by atoms with Gasteiger partial charge in [-0.25, -0.2) is 4.79 Å². The van der Waals surface area contributed by atoms with Crippen LogP contribution in [0, 0.1) is 0 Å². The topological polar surface area (TPSA) is 99.6 Å². The molecule has 0 aliphatic carbocycles. The van der Waals surface area contributed by atoms with E-state index in [1.807, 2.05) is 33.9 Å². The summed E-state index contributed by atoms with van der Waals surface area (Å²) in [5, 5.41) is 11.3. The summed E-state index contributed by atoms with van der Waals surface area (Å²) in [5.41, 5.74) is 5.80. The van der Waals surface area contributed by atoms with Crippen LogP contribution in [0.3, 0.4) is 0 Å². The van der Waals surface area contributed by atoms with Gasteiger partial charge in [-0.2, -0.15) is 18.3 Å². The van der Waals surface area contributed by atoms with Crippen LogP contribution in [0.15, 0.2) is 12.4 Å². The average Bonchev–Trinajstić information content (AvgIpc) is 2.93. The zero-order valence-corrected chi connectivity index (χ0v) is 13.9. The van der Waals surface area contributed by atoms with Gasteiger partial charge in [0.25, 0.3) is 0 Å². The molecule has 0 amide bonds. The molecule has 3 N–H and O–H groups in total. The van der Waals surface area contributed by atoms with E-state index in [4.69, 9.17) is 24.9 Å². The Bertz CT molecular complexity index is 559. The highest BCUT2D eigenvalue weighted by molar-refractivity contribution is 6.61. The van der Waals surface area contributed by atoms with Crippen LogP contribution in [0.5, 0.6) is 0 Å². The third-order valence-corrected chi connectivity index (χ3v) is 3.78. The van der Waals surface area contributed by atoms with Crippen LogP contribution in [0.25, 0.3) is 0 Å². The number of rotatable bonds is 3.